The zero-order chi connectivity index (χ0) is 20.3. The first kappa shape index (κ1) is 19.7. The van der Waals surface area contributed by atoms with E-state index in [1.807, 2.05) is 0 Å². The zero-order valence-electron chi connectivity index (χ0n) is 16.9. The Morgan fingerprint density at radius 1 is 0.964 bits per heavy atom. The van der Waals surface area contributed by atoms with Gasteiger partial charge >= 0.3 is 12.0 Å². The molecule has 1 aliphatic rings. The minimum atomic E-state index is -0.423. The van der Waals surface area contributed by atoms with E-state index in [2.05, 4.69) is 43.1 Å². The summed E-state index contributed by atoms with van der Waals surface area (Å²) in [5.74, 6) is -0.423. The molecular formula is C22H27N3O3. The Morgan fingerprint density at radius 2 is 1.61 bits per heavy atom. The lowest BCUT2D eigenvalue weighted by molar-refractivity contribution is 0.0600. The van der Waals surface area contributed by atoms with E-state index in [1.54, 1.807) is 29.2 Å². The standard InChI is InChI=1S/C22H27N3O3/c1-15-12-16(2)20(17(3)13-15)24-8-10-25(11-9-24)22(27)23-19-7-5-6-18(14-19)21(26)28-4/h5-7,12-14H,8-11H2,1-4H3,(H,23,27). The van der Waals surface area contributed by atoms with Gasteiger partial charge in [-0.05, 0) is 50.1 Å². The summed E-state index contributed by atoms with van der Waals surface area (Å²) in [7, 11) is 1.34. The number of hydrogen-bond donors (Lipinski definition) is 1. The minimum absolute atomic E-state index is 0.154. The van der Waals surface area contributed by atoms with Gasteiger partial charge in [0.2, 0.25) is 0 Å². The van der Waals surface area contributed by atoms with E-state index in [0.717, 1.165) is 13.1 Å². The summed E-state index contributed by atoms with van der Waals surface area (Å²) in [6.07, 6.45) is 0. The Bertz CT molecular complexity index is 863. The van der Waals surface area contributed by atoms with E-state index in [-0.39, 0.29) is 6.03 Å². The van der Waals surface area contributed by atoms with Crippen LogP contribution < -0.4 is 10.2 Å². The number of aryl methyl sites for hydroxylation is 3. The van der Waals surface area contributed by atoms with Gasteiger partial charge in [-0.1, -0.05) is 23.8 Å². The highest BCUT2D eigenvalue weighted by Gasteiger charge is 2.23. The van der Waals surface area contributed by atoms with Gasteiger partial charge in [-0.25, -0.2) is 9.59 Å². The maximum absolute atomic E-state index is 12.6. The molecule has 0 spiro atoms. The summed E-state index contributed by atoms with van der Waals surface area (Å²) >= 11 is 0. The first-order valence-electron chi connectivity index (χ1n) is 9.46. The summed E-state index contributed by atoms with van der Waals surface area (Å²) < 4.78 is 4.73. The molecule has 1 heterocycles. The molecule has 0 unspecified atom stereocenters. The van der Waals surface area contributed by atoms with Crippen LogP contribution in [-0.4, -0.2) is 50.2 Å². The summed E-state index contributed by atoms with van der Waals surface area (Å²) in [6.45, 7) is 9.28. The number of carbonyl (C=O) groups excluding carboxylic acids is 2. The summed E-state index contributed by atoms with van der Waals surface area (Å²) in [4.78, 5) is 28.4. The van der Waals surface area contributed by atoms with Gasteiger partial charge in [0, 0.05) is 37.6 Å². The molecule has 0 aliphatic carbocycles. The number of nitrogens with zero attached hydrogens (tertiary/aromatic N) is 2. The van der Waals surface area contributed by atoms with Crippen molar-refractivity contribution in [3.8, 4) is 0 Å². The molecule has 0 radical (unpaired) electrons. The van der Waals surface area contributed by atoms with E-state index in [1.165, 1.54) is 29.5 Å². The van der Waals surface area contributed by atoms with Crippen molar-refractivity contribution < 1.29 is 14.3 Å². The monoisotopic (exact) mass is 381 g/mol. The molecule has 2 amide bonds. The second-order valence-corrected chi connectivity index (χ2v) is 7.22. The molecule has 6 nitrogen and oxygen atoms in total. The fraction of sp³-hybridized carbons (Fsp3) is 0.364. The fourth-order valence-electron chi connectivity index (χ4n) is 3.85. The molecule has 2 aromatic carbocycles. The first-order chi connectivity index (χ1) is 13.4. The molecule has 0 atom stereocenters. The molecule has 6 heteroatoms. The lowest BCUT2D eigenvalue weighted by atomic mass is 10.0. The van der Waals surface area contributed by atoms with Crippen molar-refractivity contribution in [3.63, 3.8) is 0 Å². The predicted molar refractivity (Wildman–Crippen MR) is 111 cm³/mol. The number of carbonyl (C=O) groups is 2. The van der Waals surface area contributed by atoms with Crippen LogP contribution in [0.4, 0.5) is 16.2 Å². The SMILES string of the molecule is COC(=O)c1cccc(NC(=O)N2CCN(c3c(C)cc(C)cc3C)CC2)c1. The Labute approximate surface area is 166 Å². The second-order valence-electron chi connectivity index (χ2n) is 7.22. The number of hydrogen-bond acceptors (Lipinski definition) is 4. The molecule has 1 N–H and O–H groups in total. The third-order valence-electron chi connectivity index (χ3n) is 5.05. The Hall–Kier alpha value is -3.02. The predicted octanol–water partition coefficient (Wildman–Crippen LogP) is 3.75. The summed E-state index contributed by atoms with van der Waals surface area (Å²) in [5.41, 5.74) is 6.09. The Morgan fingerprint density at radius 3 is 2.21 bits per heavy atom. The van der Waals surface area contributed by atoms with E-state index < -0.39 is 5.97 Å². The van der Waals surface area contributed by atoms with E-state index in [4.69, 9.17) is 4.74 Å². The van der Waals surface area contributed by atoms with Gasteiger partial charge in [0.25, 0.3) is 0 Å². The molecule has 1 aliphatic heterocycles. The van der Waals surface area contributed by atoms with Gasteiger partial charge in [0.05, 0.1) is 12.7 Å². The number of amides is 2. The van der Waals surface area contributed by atoms with Crippen LogP contribution in [0.15, 0.2) is 36.4 Å². The number of esters is 1. The van der Waals surface area contributed by atoms with Gasteiger partial charge in [-0.3, -0.25) is 0 Å². The van der Waals surface area contributed by atoms with E-state index in [0.29, 0.717) is 24.3 Å². The molecule has 0 saturated carbocycles. The highest BCUT2D eigenvalue weighted by atomic mass is 16.5. The number of benzene rings is 2. The number of piperazine rings is 1. The molecule has 0 bridgehead atoms. The van der Waals surface area contributed by atoms with Crippen molar-refractivity contribution in [3.05, 3.63) is 58.7 Å². The number of anilines is 2. The quantitative estimate of drug-likeness (QED) is 0.823. The number of rotatable bonds is 3. The fourth-order valence-corrected chi connectivity index (χ4v) is 3.85. The largest absolute Gasteiger partial charge is 0.465 e. The molecule has 2 aromatic rings. The highest BCUT2D eigenvalue weighted by Crippen LogP contribution is 2.27. The van der Waals surface area contributed by atoms with Crippen molar-refractivity contribution in [1.29, 1.82) is 0 Å². The van der Waals surface area contributed by atoms with Crippen molar-refractivity contribution in [2.45, 2.75) is 20.8 Å². The van der Waals surface area contributed by atoms with Crippen LogP contribution in [0.25, 0.3) is 0 Å². The lowest BCUT2D eigenvalue weighted by Gasteiger charge is -2.37. The van der Waals surface area contributed by atoms with E-state index in [9.17, 15) is 9.59 Å². The maximum atomic E-state index is 12.6. The lowest BCUT2D eigenvalue weighted by Crippen LogP contribution is -2.50. The highest BCUT2D eigenvalue weighted by molar-refractivity contribution is 5.94. The Balaban J connectivity index is 1.62. The number of ether oxygens (including phenoxy) is 1. The molecule has 0 aromatic heterocycles. The normalized spacial score (nSPS) is 14.0. The van der Waals surface area contributed by atoms with Crippen LogP contribution >= 0.6 is 0 Å². The van der Waals surface area contributed by atoms with Crippen molar-refractivity contribution in [2.24, 2.45) is 0 Å². The first-order valence-corrected chi connectivity index (χ1v) is 9.46. The summed E-state index contributed by atoms with van der Waals surface area (Å²) in [6, 6.07) is 11.0. The summed E-state index contributed by atoms with van der Waals surface area (Å²) in [5, 5.41) is 2.88. The molecule has 1 saturated heterocycles. The zero-order valence-corrected chi connectivity index (χ0v) is 16.9. The van der Waals surface area contributed by atoms with Crippen molar-refractivity contribution in [2.75, 3.05) is 43.5 Å². The number of urea groups is 1. The van der Waals surface area contributed by atoms with Crippen molar-refractivity contribution in [1.82, 2.24) is 4.90 Å². The van der Waals surface area contributed by atoms with Crippen LogP contribution in [0, 0.1) is 20.8 Å². The molecule has 3 rings (SSSR count). The number of nitrogens with one attached hydrogen (secondary N) is 1. The maximum Gasteiger partial charge on any atom is 0.337 e. The second kappa shape index (κ2) is 8.33. The smallest absolute Gasteiger partial charge is 0.337 e. The average Bonchev–Trinajstić information content (AvgIpc) is 2.67. The van der Waals surface area contributed by atoms with Gasteiger partial charge < -0.3 is 19.9 Å². The van der Waals surface area contributed by atoms with Gasteiger partial charge in [-0.15, -0.1) is 0 Å². The van der Waals surface area contributed by atoms with Crippen LogP contribution in [0.5, 0.6) is 0 Å². The minimum Gasteiger partial charge on any atom is -0.465 e. The molecular weight excluding hydrogens is 354 g/mol. The van der Waals surface area contributed by atoms with Gasteiger partial charge in [0.1, 0.15) is 0 Å². The van der Waals surface area contributed by atoms with Gasteiger partial charge in [0.15, 0.2) is 0 Å². The third kappa shape index (κ3) is 4.27. The molecule has 28 heavy (non-hydrogen) atoms. The topological polar surface area (TPSA) is 61.9 Å². The average molecular weight is 381 g/mol. The van der Waals surface area contributed by atoms with Gasteiger partial charge in [-0.2, -0.15) is 0 Å². The van der Waals surface area contributed by atoms with Crippen LogP contribution in [0.1, 0.15) is 27.0 Å². The molecule has 1 fully saturated rings. The van der Waals surface area contributed by atoms with E-state index >= 15 is 0 Å². The Kier molecular flexibility index (Phi) is 5.87. The third-order valence-corrected chi connectivity index (χ3v) is 5.05. The van der Waals surface area contributed by atoms with Crippen molar-refractivity contribution >= 4 is 23.4 Å². The van der Waals surface area contributed by atoms with Crippen LogP contribution in [0.2, 0.25) is 0 Å². The van der Waals surface area contributed by atoms with Crippen LogP contribution in [0.3, 0.4) is 0 Å². The number of methoxy groups -OCH3 is 1. The van der Waals surface area contributed by atoms with Crippen LogP contribution in [-0.2, 0) is 4.74 Å². The molecule has 148 valence electrons.